The molecule has 1 aromatic heterocycles. The van der Waals surface area contributed by atoms with E-state index in [1.165, 1.54) is 82.9 Å². The predicted octanol–water partition coefficient (Wildman–Crippen LogP) is 6.73. The number of hydrogen-bond donors (Lipinski definition) is 0. The van der Waals surface area contributed by atoms with E-state index in [-0.39, 0.29) is 0 Å². The summed E-state index contributed by atoms with van der Waals surface area (Å²) in [7, 11) is 0. The monoisotopic (exact) mass is 456 g/mol. The summed E-state index contributed by atoms with van der Waals surface area (Å²) in [5.41, 5.74) is 1.53. The quantitative estimate of drug-likeness (QED) is 0.255. The fraction of sp³-hybridized carbons (Fsp3) is 0.750. The minimum atomic E-state index is 0.522. The Bertz CT molecular complexity index is 333. The fourth-order valence-corrected chi connectivity index (χ4v) is 7.21. The van der Waals surface area contributed by atoms with Crippen molar-refractivity contribution in [3.05, 3.63) is 18.3 Å². The SMILES string of the molecule is CCCCCCCCCCCCc1cc(Br)[se]c1Br. The third kappa shape index (κ3) is 8.75. The summed E-state index contributed by atoms with van der Waals surface area (Å²) in [5, 5.41) is 0. The summed E-state index contributed by atoms with van der Waals surface area (Å²) in [4.78, 5) is 0. The van der Waals surface area contributed by atoms with Gasteiger partial charge in [-0.05, 0) is 0 Å². The molecule has 19 heavy (non-hydrogen) atoms. The molecule has 0 aliphatic heterocycles. The number of aryl methyl sites for hydroxylation is 1. The van der Waals surface area contributed by atoms with Gasteiger partial charge in [-0.25, -0.2) is 0 Å². The molecule has 0 saturated heterocycles. The molecule has 0 atom stereocenters. The summed E-state index contributed by atoms with van der Waals surface area (Å²) in [6.45, 7) is 2.28. The van der Waals surface area contributed by atoms with Gasteiger partial charge in [-0.3, -0.25) is 0 Å². The van der Waals surface area contributed by atoms with Crippen LogP contribution in [0.25, 0.3) is 0 Å². The first-order chi connectivity index (χ1) is 9.24. The van der Waals surface area contributed by atoms with Crippen molar-refractivity contribution in [1.82, 2.24) is 0 Å². The summed E-state index contributed by atoms with van der Waals surface area (Å²) in [6, 6.07) is 2.32. The molecule has 0 N–H and O–H groups in total. The number of hydrogen-bond acceptors (Lipinski definition) is 0. The Labute approximate surface area is 141 Å². The third-order valence-corrected chi connectivity index (χ3v) is 7.53. The van der Waals surface area contributed by atoms with Crippen molar-refractivity contribution >= 4 is 46.4 Å². The molecule has 1 heterocycles. The van der Waals surface area contributed by atoms with E-state index in [9.17, 15) is 0 Å². The topological polar surface area (TPSA) is 0 Å². The van der Waals surface area contributed by atoms with E-state index in [1.54, 1.807) is 0 Å². The van der Waals surface area contributed by atoms with Crippen LogP contribution >= 0.6 is 31.9 Å². The first kappa shape index (κ1) is 18.0. The second kappa shape index (κ2) is 11.6. The molecule has 3 heteroatoms. The molecular weight excluding hydrogens is 431 g/mol. The standard InChI is InChI=1S/C16H26Br2Se/c1-2-3-4-5-6-7-8-9-10-11-12-14-13-15(17)19-16(14)18/h13H,2-12H2,1H3. The van der Waals surface area contributed by atoms with Crippen LogP contribution in [0.1, 0.15) is 76.7 Å². The van der Waals surface area contributed by atoms with E-state index >= 15 is 0 Å². The van der Waals surface area contributed by atoms with Gasteiger partial charge in [-0.1, -0.05) is 13.3 Å². The van der Waals surface area contributed by atoms with Crippen LogP contribution in [0.4, 0.5) is 0 Å². The zero-order chi connectivity index (χ0) is 13.9. The molecule has 0 radical (unpaired) electrons. The van der Waals surface area contributed by atoms with Crippen molar-refractivity contribution < 1.29 is 0 Å². The van der Waals surface area contributed by atoms with Crippen molar-refractivity contribution in [3.8, 4) is 0 Å². The Hall–Kier alpha value is 0.959. The second-order valence-corrected chi connectivity index (χ2v) is 11.5. The summed E-state index contributed by atoms with van der Waals surface area (Å²) < 4.78 is 2.83. The normalized spacial score (nSPS) is 11.1. The van der Waals surface area contributed by atoms with Gasteiger partial charge in [0, 0.05) is 0 Å². The van der Waals surface area contributed by atoms with E-state index in [2.05, 4.69) is 44.8 Å². The molecule has 0 bridgehead atoms. The van der Waals surface area contributed by atoms with Crippen molar-refractivity contribution in [2.75, 3.05) is 0 Å². The molecule has 0 aliphatic rings. The first-order valence-corrected chi connectivity index (χ1v) is 11.0. The van der Waals surface area contributed by atoms with Gasteiger partial charge in [0.05, 0.1) is 0 Å². The van der Waals surface area contributed by atoms with Gasteiger partial charge in [-0.2, -0.15) is 0 Å². The zero-order valence-electron chi connectivity index (χ0n) is 12.0. The molecule has 0 fully saturated rings. The Morgan fingerprint density at radius 3 is 1.84 bits per heavy atom. The maximum atomic E-state index is 3.69. The molecular formula is C16H26Br2Se. The Balaban J connectivity index is 1.90. The van der Waals surface area contributed by atoms with Crippen molar-refractivity contribution in [2.24, 2.45) is 0 Å². The van der Waals surface area contributed by atoms with Crippen molar-refractivity contribution in [2.45, 2.75) is 77.6 Å². The molecule has 0 nitrogen and oxygen atoms in total. The number of rotatable bonds is 11. The summed E-state index contributed by atoms with van der Waals surface area (Å²) in [5.74, 6) is 0. The Morgan fingerprint density at radius 1 is 0.842 bits per heavy atom. The third-order valence-electron chi connectivity index (χ3n) is 3.53. The van der Waals surface area contributed by atoms with Crippen LogP contribution in [0, 0.1) is 0 Å². The number of unbranched alkanes of at least 4 members (excludes halogenated alkanes) is 9. The van der Waals surface area contributed by atoms with E-state index in [4.69, 9.17) is 0 Å². The van der Waals surface area contributed by atoms with Gasteiger partial charge in [0.15, 0.2) is 0 Å². The molecule has 0 saturated carbocycles. The van der Waals surface area contributed by atoms with Gasteiger partial charge in [0.2, 0.25) is 0 Å². The second-order valence-electron chi connectivity index (χ2n) is 5.28. The van der Waals surface area contributed by atoms with Crippen LogP contribution < -0.4 is 0 Å². The molecule has 0 aromatic carbocycles. The van der Waals surface area contributed by atoms with Crippen LogP contribution in [-0.2, 0) is 6.42 Å². The summed E-state index contributed by atoms with van der Waals surface area (Å²) in [6.07, 6.45) is 15.5. The average molecular weight is 457 g/mol. The van der Waals surface area contributed by atoms with Crippen LogP contribution in [0.15, 0.2) is 12.8 Å². The molecule has 1 rings (SSSR count). The molecule has 0 aliphatic carbocycles. The van der Waals surface area contributed by atoms with Crippen LogP contribution in [-0.4, -0.2) is 14.5 Å². The molecule has 0 unspecified atom stereocenters. The van der Waals surface area contributed by atoms with Gasteiger partial charge in [0.1, 0.15) is 0 Å². The van der Waals surface area contributed by atoms with Crippen molar-refractivity contribution in [1.29, 1.82) is 0 Å². The average Bonchev–Trinajstić information content (AvgIpc) is 2.70. The van der Waals surface area contributed by atoms with Crippen molar-refractivity contribution in [3.63, 3.8) is 0 Å². The molecule has 0 spiro atoms. The summed E-state index contributed by atoms with van der Waals surface area (Å²) >= 11 is 7.82. The van der Waals surface area contributed by atoms with E-state index in [0.717, 1.165) is 0 Å². The van der Waals surface area contributed by atoms with E-state index in [0.29, 0.717) is 14.5 Å². The Kier molecular flexibility index (Phi) is 11.0. The molecule has 1 aromatic rings. The molecule has 110 valence electrons. The van der Waals surface area contributed by atoms with Gasteiger partial charge >= 0.3 is 129 Å². The first-order valence-electron chi connectivity index (χ1n) is 7.67. The van der Waals surface area contributed by atoms with E-state index in [1.807, 2.05) is 0 Å². The fourth-order valence-electron chi connectivity index (χ4n) is 2.35. The maximum absolute atomic E-state index is 3.69. The minimum absolute atomic E-state index is 0.522. The van der Waals surface area contributed by atoms with Crippen LogP contribution in [0.5, 0.6) is 0 Å². The zero-order valence-corrected chi connectivity index (χ0v) is 16.9. The van der Waals surface area contributed by atoms with Crippen LogP contribution in [0.3, 0.4) is 0 Å². The van der Waals surface area contributed by atoms with E-state index < -0.39 is 0 Å². The van der Waals surface area contributed by atoms with Gasteiger partial charge in [-0.15, -0.1) is 0 Å². The number of halogens is 2. The molecule has 0 amide bonds. The Morgan fingerprint density at radius 2 is 1.37 bits per heavy atom. The van der Waals surface area contributed by atoms with Crippen LogP contribution in [0.2, 0.25) is 0 Å². The van der Waals surface area contributed by atoms with Gasteiger partial charge in [0.25, 0.3) is 0 Å². The van der Waals surface area contributed by atoms with Gasteiger partial charge < -0.3 is 0 Å². The predicted molar refractivity (Wildman–Crippen MR) is 94.3 cm³/mol.